The molecule has 4 nitrogen and oxygen atoms in total. The average Bonchev–Trinajstić information content (AvgIpc) is 3.02. The fourth-order valence-electron chi connectivity index (χ4n) is 3.41. The summed E-state index contributed by atoms with van der Waals surface area (Å²) in [4.78, 5) is 12.5. The van der Waals surface area contributed by atoms with Gasteiger partial charge in [-0.2, -0.15) is 5.10 Å². The lowest BCUT2D eigenvalue weighted by atomic mass is 10.1. The molecule has 146 valence electrons. The summed E-state index contributed by atoms with van der Waals surface area (Å²) in [5, 5.41) is 10.1. The Morgan fingerprint density at radius 3 is 2.48 bits per heavy atom. The number of amides is 1. The quantitative estimate of drug-likeness (QED) is 0.463. The molecule has 0 saturated heterocycles. The molecule has 0 aliphatic carbocycles. The van der Waals surface area contributed by atoms with Gasteiger partial charge in [0.1, 0.15) is 0 Å². The monoisotopic (exact) mass is 401 g/mol. The molecular formula is C24H23N3OS. The van der Waals surface area contributed by atoms with E-state index in [9.17, 15) is 4.79 Å². The minimum absolute atomic E-state index is 0.00500. The van der Waals surface area contributed by atoms with Crippen LogP contribution in [0.15, 0.2) is 72.8 Å². The van der Waals surface area contributed by atoms with Crippen molar-refractivity contribution < 1.29 is 4.79 Å². The molecule has 0 atom stereocenters. The summed E-state index contributed by atoms with van der Waals surface area (Å²) in [5.74, 6) is 1.21. The van der Waals surface area contributed by atoms with Gasteiger partial charge in [-0.25, -0.2) is 4.68 Å². The smallest absolute Gasteiger partial charge is 0.234 e. The molecule has 0 radical (unpaired) electrons. The molecule has 0 aliphatic rings. The molecule has 4 rings (SSSR count). The van der Waals surface area contributed by atoms with Crippen LogP contribution in [-0.2, 0) is 10.5 Å². The van der Waals surface area contributed by atoms with Crippen LogP contribution in [0.25, 0.3) is 16.5 Å². The number of para-hydroxylation sites is 1. The van der Waals surface area contributed by atoms with E-state index in [1.54, 1.807) is 11.8 Å². The number of carbonyl (C=O) groups excluding carboxylic acids is 1. The van der Waals surface area contributed by atoms with E-state index in [1.165, 1.54) is 16.3 Å². The number of hydrogen-bond donors (Lipinski definition) is 1. The van der Waals surface area contributed by atoms with E-state index in [0.717, 1.165) is 28.5 Å². The first-order valence-electron chi connectivity index (χ1n) is 9.59. The number of anilines is 1. The van der Waals surface area contributed by atoms with Gasteiger partial charge in [0.15, 0.2) is 0 Å². The zero-order valence-corrected chi connectivity index (χ0v) is 17.4. The molecule has 4 aromatic rings. The van der Waals surface area contributed by atoms with Crippen LogP contribution < -0.4 is 5.32 Å². The Hall–Kier alpha value is -3.05. The Kier molecular flexibility index (Phi) is 5.67. The van der Waals surface area contributed by atoms with Gasteiger partial charge in [0, 0.05) is 5.75 Å². The molecule has 0 saturated carbocycles. The van der Waals surface area contributed by atoms with Crippen molar-refractivity contribution in [2.75, 3.05) is 11.1 Å². The second-order valence-corrected chi connectivity index (χ2v) is 8.00. The standard InChI is InChI=1S/C24H23N3OS/c1-17-24(18(2)27(26-17)22-10-4-3-5-11-22)25-23(28)16-29-15-19-12-13-20-8-6-7-9-21(20)14-19/h3-14H,15-16H2,1-2H3,(H,25,28). The summed E-state index contributed by atoms with van der Waals surface area (Å²) in [6, 6.07) is 24.7. The third kappa shape index (κ3) is 4.35. The van der Waals surface area contributed by atoms with Crippen LogP contribution in [0.5, 0.6) is 0 Å². The third-order valence-corrected chi connectivity index (χ3v) is 5.88. The number of thioether (sulfide) groups is 1. The molecule has 0 unspecified atom stereocenters. The lowest BCUT2D eigenvalue weighted by molar-refractivity contribution is -0.113. The zero-order valence-electron chi connectivity index (χ0n) is 16.6. The Labute approximate surface area is 174 Å². The number of aryl methyl sites for hydroxylation is 1. The van der Waals surface area contributed by atoms with Gasteiger partial charge in [0.25, 0.3) is 0 Å². The van der Waals surface area contributed by atoms with E-state index in [2.05, 4.69) is 40.7 Å². The fourth-order valence-corrected chi connectivity index (χ4v) is 4.18. The third-order valence-electron chi connectivity index (χ3n) is 4.87. The van der Waals surface area contributed by atoms with E-state index >= 15 is 0 Å². The molecule has 0 spiro atoms. The van der Waals surface area contributed by atoms with Gasteiger partial charge < -0.3 is 5.32 Å². The number of fused-ring (bicyclic) bond motifs is 1. The van der Waals surface area contributed by atoms with Gasteiger partial charge in [-0.1, -0.05) is 60.7 Å². The number of hydrogen-bond acceptors (Lipinski definition) is 3. The van der Waals surface area contributed by atoms with Crippen LogP contribution in [-0.4, -0.2) is 21.4 Å². The number of aromatic nitrogens is 2. The van der Waals surface area contributed by atoms with E-state index in [4.69, 9.17) is 0 Å². The molecule has 29 heavy (non-hydrogen) atoms. The van der Waals surface area contributed by atoms with Crippen LogP contribution in [0.1, 0.15) is 17.0 Å². The molecule has 0 bridgehead atoms. The summed E-state index contributed by atoms with van der Waals surface area (Å²) in [6.45, 7) is 3.90. The average molecular weight is 402 g/mol. The molecule has 0 aliphatic heterocycles. The number of nitrogens with zero attached hydrogens (tertiary/aromatic N) is 2. The number of benzene rings is 3. The van der Waals surface area contributed by atoms with Crippen LogP contribution in [0.3, 0.4) is 0 Å². The Morgan fingerprint density at radius 1 is 0.966 bits per heavy atom. The summed E-state index contributed by atoms with van der Waals surface area (Å²) in [6.07, 6.45) is 0. The normalized spacial score (nSPS) is 11.0. The van der Waals surface area contributed by atoms with Crippen molar-refractivity contribution in [3.63, 3.8) is 0 Å². The Bertz CT molecular complexity index is 1150. The van der Waals surface area contributed by atoms with Crippen molar-refractivity contribution in [2.24, 2.45) is 0 Å². The van der Waals surface area contributed by atoms with Gasteiger partial charge in [0.2, 0.25) is 5.91 Å². The molecule has 1 amide bonds. The molecular weight excluding hydrogens is 378 g/mol. The highest BCUT2D eigenvalue weighted by Crippen LogP contribution is 2.24. The molecule has 1 N–H and O–H groups in total. The second-order valence-electron chi connectivity index (χ2n) is 7.02. The Morgan fingerprint density at radius 2 is 1.69 bits per heavy atom. The van der Waals surface area contributed by atoms with Crippen molar-refractivity contribution in [1.29, 1.82) is 0 Å². The number of carbonyl (C=O) groups is 1. The predicted molar refractivity (Wildman–Crippen MR) is 122 cm³/mol. The lowest BCUT2D eigenvalue weighted by Gasteiger charge is -2.08. The van der Waals surface area contributed by atoms with Gasteiger partial charge in [-0.3, -0.25) is 4.79 Å². The highest BCUT2D eigenvalue weighted by Gasteiger charge is 2.15. The fraction of sp³-hybridized carbons (Fsp3) is 0.167. The number of nitrogens with one attached hydrogen (secondary N) is 1. The van der Waals surface area contributed by atoms with Crippen LogP contribution in [0.2, 0.25) is 0 Å². The highest BCUT2D eigenvalue weighted by molar-refractivity contribution is 7.99. The van der Waals surface area contributed by atoms with Gasteiger partial charge in [0.05, 0.1) is 28.5 Å². The van der Waals surface area contributed by atoms with E-state index < -0.39 is 0 Å². The summed E-state index contributed by atoms with van der Waals surface area (Å²) < 4.78 is 1.87. The van der Waals surface area contributed by atoms with Crippen molar-refractivity contribution in [3.8, 4) is 5.69 Å². The topological polar surface area (TPSA) is 46.9 Å². The molecule has 1 heterocycles. The Balaban J connectivity index is 1.38. The molecule has 5 heteroatoms. The summed E-state index contributed by atoms with van der Waals surface area (Å²) in [7, 11) is 0. The van der Waals surface area contributed by atoms with Crippen molar-refractivity contribution in [2.45, 2.75) is 19.6 Å². The SMILES string of the molecule is Cc1nn(-c2ccccc2)c(C)c1NC(=O)CSCc1ccc2ccccc2c1. The largest absolute Gasteiger partial charge is 0.322 e. The van der Waals surface area contributed by atoms with Gasteiger partial charge in [-0.05, 0) is 42.3 Å². The minimum atomic E-state index is -0.00500. The lowest BCUT2D eigenvalue weighted by Crippen LogP contribution is -2.15. The summed E-state index contributed by atoms with van der Waals surface area (Å²) >= 11 is 1.62. The predicted octanol–water partition coefficient (Wildman–Crippen LogP) is 5.51. The van der Waals surface area contributed by atoms with Crippen molar-refractivity contribution in [1.82, 2.24) is 9.78 Å². The maximum Gasteiger partial charge on any atom is 0.234 e. The summed E-state index contributed by atoms with van der Waals surface area (Å²) in [5.41, 5.74) is 4.76. The highest BCUT2D eigenvalue weighted by atomic mass is 32.2. The molecule has 0 fully saturated rings. The molecule has 1 aromatic heterocycles. The zero-order chi connectivity index (χ0) is 20.2. The minimum Gasteiger partial charge on any atom is -0.322 e. The first-order chi connectivity index (χ1) is 14.1. The molecule has 3 aromatic carbocycles. The van der Waals surface area contributed by atoms with Crippen LogP contribution in [0, 0.1) is 13.8 Å². The van der Waals surface area contributed by atoms with Crippen LogP contribution >= 0.6 is 11.8 Å². The van der Waals surface area contributed by atoms with Gasteiger partial charge in [-0.15, -0.1) is 11.8 Å². The van der Waals surface area contributed by atoms with Crippen molar-refractivity contribution in [3.05, 3.63) is 89.7 Å². The first-order valence-corrected chi connectivity index (χ1v) is 10.7. The van der Waals surface area contributed by atoms with Crippen LogP contribution in [0.4, 0.5) is 5.69 Å². The van der Waals surface area contributed by atoms with Gasteiger partial charge >= 0.3 is 0 Å². The maximum absolute atomic E-state index is 12.5. The number of rotatable bonds is 6. The van der Waals surface area contributed by atoms with Crippen molar-refractivity contribution >= 4 is 34.1 Å². The maximum atomic E-state index is 12.5. The second kappa shape index (κ2) is 8.53. The van der Waals surface area contributed by atoms with E-state index in [1.807, 2.05) is 61.0 Å². The van der Waals surface area contributed by atoms with E-state index in [0.29, 0.717) is 5.75 Å². The van der Waals surface area contributed by atoms with E-state index in [-0.39, 0.29) is 5.91 Å². The first kappa shape index (κ1) is 19.3.